The summed E-state index contributed by atoms with van der Waals surface area (Å²) in [5.74, 6) is 0.339. The highest BCUT2D eigenvalue weighted by molar-refractivity contribution is 5.92. The van der Waals surface area contributed by atoms with Crippen molar-refractivity contribution in [2.75, 3.05) is 6.54 Å². The fourth-order valence-corrected chi connectivity index (χ4v) is 2.74. The van der Waals surface area contributed by atoms with Crippen molar-refractivity contribution >= 4 is 11.8 Å². The Labute approximate surface area is 139 Å². The molecular formula is C16H21N5O3. The molecule has 0 radical (unpaired) electrons. The molecule has 2 amide bonds. The van der Waals surface area contributed by atoms with Gasteiger partial charge in [0, 0.05) is 12.5 Å². The van der Waals surface area contributed by atoms with Crippen molar-refractivity contribution in [3.63, 3.8) is 0 Å². The number of nitrogens with zero attached hydrogens (tertiary/aromatic N) is 4. The molecule has 8 heteroatoms. The fourth-order valence-electron chi connectivity index (χ4n) is 2.74. The molecule has 0 spiro atoms. The third-order valence-electron chi connectivity index (χ3n) is 4.04. The van der Waals surface area contributed by atoms with Gasteiger partial charge in [-0.25, -0.2) is 4.98 Å². The molecule has 8 nitrogen and oxygen atoms in total. The first-order valence-electron chi connectivity index (χ1n) is 7.98. The quantitative estimate of drug-likeness (QED) is 0.906. The van der Waals surface area contributed by atoms with Gasteiger partial charge in [0.25, 0.3) is 5.91 Å². The van der Waals surface area contributed by atoms with Crippen LogP contribution in [-0.4, -0.2) is 38.0 Å². The zero-order valence-corrected chi connectivity index (χ0v) is 14.1. The van der Waals surface area contributed by atoms with Gasteiger partial charge in [0.15, 0.2) is 12.1 Å². The van der Waals surface area contributed by atoms with E-state index in [1.807, 2.05) is 29.5 Å². The van der Waals surface area contributed by atoms with Crippen molar-refractivity contribution in [3.8, 4) is 0 Å². The Hall–Kier alpha value is -2.64. The number of carbonyl (C=O) groups excluding carboxylic acids is 2. The summed E-state index contributed by atoms with van der Waals surface area (Å²) < 4.78 is 6.92. The van der Waals surface area contributed by atoms with Crippen LogP contribution < -0.4 is 5.32 Å². The number of amides is 2. The van der Waals surface area contributed by atoms with Crippen molar-refractivity contribution in [3.05, 3.63) is 35.3 Å². The molecule has 2 aromatic heterocycles. The number of fused-ring (bicyclic) bond motifs is 1. The van der Waals surface area contributed by atoms with E-state index < -0.39 is 0 Å². The Kier molecular flexibility index (Phi) is 4.37. The first kappa shape index (κ1) is 16.2. The first-order valence-corrected chi connectivity index (χ1v) is 7.98. The molecule has 0 fully saturated rings. The predicted octanol–water partition coefficient (Wildman–Crippen LogP) is 1.11. The van der Waals surface area contributed by atoms with Crippen LogP contribution in [0, 0.1) is 12.8 Å². The number of carbonyl (C=O) groups is 2. The van der Waals surface area contributed by atoms with E-state index >= 15 is 0 Å². The fraction of sp³-hybridized carbons (Fsp3) is 0.500. The number of aryl methyl sites for hydroxylation is 1. The van der Waals surface area contributed by atoms with Crippen LogP contribution in [0.2, 0.25) is 0 Å². The normalized spacial score (nSPS) is 13.9. The van der Waals surface area contributed by atoms with Crippen LogP contribution in [0.3, 0.4) is 0 Å². The number of hydrogen-bond acceptors (Lipinski definition) is 5. The maximum absolute atomic E-state index is 12.1. The molecule has 0 atom stereocenters. The predicted molar refractivity (Wildman–Crippen MR) is 84.9 cm³/mol. The molecule has 0 saturated heterocycles. The molecule has 1 aliphatic rings. The van der Waals surface area contributed by atoms with E-state index in [0.717, 1.165) is 11.4 Å². The minimum atomic E-state index is -0.288. The average Bonchev–Trinajstić information content (AvgIpc) is 3.16. The first-order chi connectivity index (χ1) is 11.5. The summed E-state index contributed by atoms with van der Waals surface area (Å²) in [6.07, 6.45) is 1.25. The van der Waals surface area contributed by atoms with Crippen LogP contribution in [0.15, 0.2) is 16.9 Å². The molecule has 0 aromatic carbocycles. The number of aromatic nitrogens is 3. The molecule has 2 aromatic rings. The van der Waals surface area contributed by atoms with Gasteiger partial charge in [-0.1, -0.05) is 13.8 Å². The summed E-state index contributed by atoms with van der Waals surface area (Å²) in [7, 11) is 0. The summed E-state index contributed by atoms with van der Waals surface area (Å²) in [6, 6.07) is 1.93. The Morgan fingerprint density at radius 3 is 2.83 bits per heavy atom. The van der Waals surface area contributed by atoms with Crippen molar-refractivity contribution < 1.29 is 14.0 Å². The Morgan fingerprint density at radius 1 is 1.38 bits per heavy atom. The minimum Gasteiger partial charge on any atom is -0.448 e. The molecule has 3 heterocycles. The summed E-state index contributed by atoms with van der Waals surface area (Å²) in [6.45, 7) is 7.70. The molecule has 1 aliphatic heterocycles. The van der Waals surface area contributed by atoms with E-state index in [-0.39, 0.29) is 23.4 Å². The summed E-state index contributed by atoms with van der Waals surface area (Å²) >= 11 is 0. The zero-order valence-electron chi connectivity index (χ0n) is 14.1. The van der Waals surface area contributed by atoms with Crippen LogP contribution in [0.5, 0.6) is 0 Å². The van der Waals surface area contributed by atoms with Crippen molar-refractivity contribution in [1.82, 2.24) is 25.0 Å². The van der Waals surface area contributed by atoms with Gasteiger partial charge in [-0.2, -0.15) is 5.10 Å². The van der Waals surface area contributed by atoms with Gasteiger partial charge in [0.05, 0.1) is 31.0 Å². The Morgan fingerprint density at radius 2 is 2.17 bits per heavy atom. The van der Waals surface area contributed by atoms with Gasteiger partial charge in [-0.05, 0) is 13.0 Å². The lowest BCUT2D eigenvalue weighted by Crippen LogP contribution is -2.40. The number of nitrogens with one attached hydrogen (secondary N) is 1. The maximum atomic E-state index is 12.1. The molecule has 128 valence electrons. The lowest BCUT2D eigenvalue weighted by Gasteiger charge is -2.29. The number of rotatable bonds is 4. The molecule has 0 unspecified atom stereocenters. The molecular weight excluding hydrogens is 310 g/mol. The lowest BCUT2D eigenvalue weighted by atomic mass is 10.1. The van der Waals surface area contributed by atoms with E-state index in [0.29, 0.717) is 31.9 Å². The van der Waals surface area contributed by atoms with E-state index in [1.54, 1.807) is 6.92 Å². The number of hydrogen-bond donors (Lipinski definition) is 1. The third kappa shape index (κ3) is 3.17. The van der Waals surface area contributed by atoms with Crippen LogP contribution in [0.1, 0.15) is 41.5 Å². The summed E-state index contributed by atoms with van der Waals surface area (Å²) in [5, 5.41) is 7.27. The largest absolute Gasteiger partial charge is 0.448 e. The summed E-state index contributed by atoms with van der Waals surface area (Å²) in [5.41, 5.74) is 2.03. The standard InChI is InChI=1S/C16H21N5O3/c1-10(2)16(23)20-4-5-21-13(8-20)6-12(19-21)7-17-15(22)14-11(3)24-9-18-14/h6,9-10H,4-5,7-8H2,1-3H3,(H,17,22). The van der Waals surface area contributed by atoms with Crippen molar-refractivity contribution in [2.45, 2.75) is 40.4 Å². The van der Waals surface area contributed by atoms with E-state index in [4.69, 9.17) is 4.42 Å². The van der Waals surface area contributed by atoms with Crippen molar-refractivity contribution in [2.24, 2.45) is 5.92 Å². The van der Waals surface area contributed by atoms with Gasteiger partial charge in [0.1, 0.15) is 5.76 Å². The summed E-state index contributed by atoms with van der Waals surface area (Å²) in [4.78, 5) is 29.9. The third-order valence-corrected chi connectivity index (χ3v) is 4.04. The smallest absolute Gasteiger partial charge is 0.273 e. The lowest BCUT2D eigenvalue weighted by molar-refractivity contribution is -0.136. The minimum absolute atomic E-state index is 0.0103. The van der Waals surface area contributed by atoms with Gasteiger partial charge in [-0.3, -0.25) is 14.3 Å². The van der Waals surface area contributed by atoms with Gasteiger partial charge < -0.3 is 14.6 Å². The van der Waals surface area contributed by atoms with Crippen LogP contribution in [0.25, 0.3) is 0 Å². The average molecular weight is 331 g/mol. The second-order valence-corrected chi connectivity index (χ2v) is 6.20. The second kappa shape index (κ2) is 6.46. The molecule has 1 N–H and O–H groups in total. The molecule has 24 heavy (non-hydrogen) atoms. The molecule has 3 rings (SSSR count). The van der Waals surface area contributed by atoms with E-state index in [1.165, 1.54) is 6.39 Å². The van der Waals surface area contributed by atoms with Crippen LogP contribution in [-0.2, 0) is 24.4 Å². The molecule has 0 aliphatic carbocycles. The highest BCUT2D eigenvalue weighted by Crippen LogP contribution is 2.16. The molecule has 0 bridgehead atoms. The monoisotopic (exact) mass is 331 g/mol. The number of oxazole rings is 1. The highest BCUT2D eigenvalue weighted by Gasteiger charge is 2.24. The zero-order chi connectivity index (χ0) is 17.3. The Balaban J connectivity index is 1.63. The van der Waals surface area contributed by atoms with Gasteiger partial charge >= 0.3 is 0 Å². The maximum Gasteiger partial charge on any atom is 0.273 e. The topological polar surface area (TPSA) is 93.3 Å². The molecule has 0 saturated carbocycles. The van der Waals surface area contributed by atoms with Crippen LogP contribution in [0.4, 0.5) is 0 Å². The Bertz CT molecular complexity index is 762. The second-order valence-electron chi connectivity index (χ2n) is 6.20. The van der Waals surface area contributed by atoms with Gasteiger partial charge in [-0.15, -0.1) is 0 Å². The van der Waals surface area contributed by atoms with E-state index in [2.05, 4.69) is 15.4 Å². The van der Waals surface area contributed by atoms with E-state index in [9.17, 15) is 9.59 Å². The van der Waals surface area contributed by atoms with Crippen molar-refractivity contribution in [1.29, 1.82) is 0 Å². The SMILES string of the molecule is Cc1ocnc1C(=O)NCc1cc2n(n1)CCN(C(=O)C(C)C)C2. The van der Waals surface area contributed by atoms with Crippen LogP contribution >= 0.6 is 0 Å². The highest BCUT2D eigenvalue weighted by atomic mass is 16.3. The van der Waals surface area contributed by atoms with Gasteiger partial charge in [0.2, 0.25) is 5.91 Å².